The molecular formula is C20H14ClN3O6. The Labute approximate surface area is 175 Å². The van der Waals surface area contributed by atoms with Crippen LogP contribution in [0.4, 0.5) is 5.69 Å². The molecule has 0 saturated carbocycles. The summed E-state index contributed by atoms with van der Waals surface area (Å²) >= 11 is 6.11. The van der Waals surface area contributed by atoms with Crippen molar-refractivity contribution in [3.8, 4) is 22.8 Å². The first-order valence-electron chi connectivity index (χ1n) is 8.77. The predicted molar refractivity (Wildman–Crippen MR) is 108 cm³/mol. The van der Waals surface area contributed by atoms with Gasteiger partial charge < -0.3 is 13.9 Å². The summed E-state index contributed by atoms with van der Waals surface area (Å²) < 4.78 is 16.7. The third-order valence-corrected chi connectivity index (χ3v) is 4.55. The lowest BCUT2D eigenvalue weighted by atomic mass is 10.1. The van der Waals surface area contributed by atoms with Crippen molar-refractivity contribution in [3.05, 3.63) is 75.5 Å². The molecule has 1 aromatic heterocycles. The Balaban J connectivity index is 1.40. The summed E-state index contributed by atoms with van der Waals surface area (Å²) in [7, 11) is 0. The number of carbonyl (C=O) groups is 1. The molecule has 0 spiro atoms. The molecule has 2 aromatic carbocycles. The molecule has 0 aliphatic carbocycles. The minimum atomic E-state index is -0.840. The fourth-order valence-electron chi connectivity index (χ4n) is 2.76. The molecule has 152 valence electrons. The number of non-ortho nitro benzene ring substituents is 1. The van der Waals surface area contributed by atoms with Gasteiger partial charge in [-0.1, -0.05) is 23.7 Å². The van der Waals surface area contributed by atoms with Crippen molar-refractivity contribution in [1.82, 2.24) is 5.43 Å². The SMILES string of the molecule is O=C(N/N=C/c1ccc(-c2cc([N+](=O)[O-])ccc2Cl)o1)[C@@H]1COc2ccccc2O1. The highest BCUT2D eigenvalue weighted by molar-refractivity contribution is 6.33. The number of hydrogen-bond donors (Lipinski definition) is 1. The molecule has 1 atom stereocenters. The minimum absolute atomic E-state index is 0.0640. The molecular weight excluding hydrogens is 414 g/mol. The molecule has 0 saturated heterocycles. The lowest BCUT2D eigenvalue weighted by Crippen LogP contribution is -2.42. The van der Waals surface area contributed by atoms with E-state index in [1.54, 1.807) is 30.3 Å². The predicted octanol–water partition coefficient (Wildman–Crippen LogP) is 3.80. The molecule has 0 radical (unpaired) electrons. The second kappa shape index (κ2) is 8.26. The smallest absolute Gasteiger partial charge is 0.284 e. The van der Waals surface area contributed by atoms with Gasteiger partial charge in [0, 0.05) is 17.7 Å². The first-order chi connectivity index (χ1) is 14.5. The standard InChI is InChI=1S/C20H14ClN3O6/c21-15-7-5-12(24(26)27)9-14(15)16-8-6-13(29-16)10-22-23-20(25)19-11-28-17-3-1-2-4-18(17)30-19/h1-10,19H,11H2,(H,23,25)/b22-10+/t19-/m0/s1. The van der Waals surface area contributed by atoms with Gasteiger partial charge in [-0.2, -0.15) is 5.10 Å². The summed E-state index contributed by atoms with van der Waals surface area (Å²) in [6, 6.07) is 14.3. The Morgan fingerprint density at radius 3 is 2.80 bits per heavy atom. The maximum Gasteiger partial charge on any atom is 0.284 e. The highest BCUT2D eigenvalue weighted by atomic mass is 35.5. The first kappa shape index (κ1) is 19.5. The summed E-state index contributed by atoms with van der Waals surface area (Å²) in [6.07, 6.45) is 0.456. The van der Waals surface area contributed by atoms with Crippen LogP contribution in [-0.4, -0.2) is 29.8 Å². The van der Waals surface area contributed by atoms with E-state index in [2.05, 4.69) is 10.5 Å². The lowest BCUT2D eigenvalue weighted by molar-refractivity contribution is -0.384. The molecule has 4 rings (SSSR count). The van der Waals surface area contributed by atoms with Crippen LogP contribution < -0.4 is 14.9 Å². The van der Waals surface area contributed by atoms with E-state index in [4.69, 9.17) is 25.5 Å². The van der Waals surface area contributed by atoms with E-state index in [-0.39, 0.29) is 12.3 Å². The Morgan fingerprint density at radius 2 is 2.00 bits per heavy atom. The van der Waals surface area contributed by atoms with Gasteiger partial charge >= 0.3 is 0 Å². The van der Waals surface area contributed by atoms with Crippen LogP contribution in [0.15, 0.2) is 64.1 Å². The highest BCUT2D eigenvalue weighted by Gasteiger charge is 2.27. The van der Waals surface area contributed by atoms with Gasteiger partial charge in [-0.15, -0.1) is 0 Å². The molecule has 0 bridgehead atoms. The second-order valence-electron chi connectivity index (χ2n) is 6.22. The summed E-state index contributed by atoms with van der Waals surface area (Å²) in [5, 5.41) is 15.1. The highest BCUT2D eigenvalue weighted by Crippen LogP contribution is 2.32. The fourth-order valence-corrected chi connectivity index (χ4v) is 2.97. The molecule has 0 fully saturated rings. The zero-order valence-electron chi connectivity index (χ0n) is 15.3. The van der Waals surface area contributed by atoms with E-state index in [9.17, 15) is 14.9 Å². The third kappa shape index (κ3) is 4.11. The number of benzene rings is 2. The average molecular weight is 428 g/mol. The molecule has 1 N–H and O–H groups in total. The number of nitrogens with one attached hydrogen (secondary N) is 1. The van der Waals surface area contributed by atoms with E-state index in [1.807, 2.05) is 6.07 Å². The Kier molecular flexibility index (Phi) is 5.36. The second-order valence-corrected chi connectivity index (χ2v) is 6.63. The van der Waals surface area contributed by atoms with E-state index in [0.29, 0.717) is 33.6 Å². The quantitative estimate of drug-likeness (QED) is 0.376. The third-order valence-electron chi connectivity index (χ3n) is 4.22. The number of nitro benzene ring substituents is 1. The van der Waals surface area contributed by atoms with Crippen LogP contribution >= 0.6 is 11.6 Å². The molecule has 9 nitrogen and oxygen atoms in total. The summed E-state index contributed by atoms with van der Waals surface area (Å²) in [5.41, 5.74) is 2.64. The number of fused-ring (bicyclic) bond motifs is 1. The van der Waals surface area contributed by atoms with Crippen LogP contribution in [0.1, 0.15) is 5.76 Å². The van der Waals surface area contributed by atoms with Crippen molar-refractivity contribution in [2.45, 2.75) is 6.10 Å². The van der Waals surface area contributed by atoms with E-state index < -0.39 is 16.9 Å². The van der Waals surface area contributed by atoms with Gasteiger partial charge in [0.1, 0.15) is 18.1 Å². The van der Waals surface area contributed by atoms with Crippen LogP contribution in [-0.2, 0) is 4.79 Å². The fraction of sp³-hybridized carbons (Fsp3) is 0.100. The number of amides is 1. The number of halogens is 1. The molecule has 2 heterocycles. The number of ether oxygens (including phenoxy) is 2. The maximum absolute atomic E-state index is 12.2. The van der Waals surface area contributed by atoms with Crippen LogP contribution in [0.2, 0.25) is 5.02 Å². The van der Waals surface area contributed by atoms with E-state index in [1.165, 1.54) is 24.4 Å². The first-order valence-corrected chi connectivity index (χ1v) is 9.14. The van der Waals surface area contributed by atoms with Crippen molar-refractivity contribution < 1.29 is 23.6 Å². The van der Waals surface area contributed by atoms with Gasteiger partial charge in [-0.25, -0.2) is 5.43 Å². The van der Waals surface area contributed by atoms with Crippen molar-refractivity contribution in [3.63, 3.8) is 0 Å². The molecule has 0 unspecified atom stereocenters. The van der Waals surface area contributed by atoms with E-state index in [0.717, 1.165) is 0 Å². The Morgan fingerprint density at radius 1 is 1.20 bits per heavy atom. The molecule has 1 amide bonds. The van der Waals surface area contributed by atoms with Crippen LogP contribution in [0.5, 0.6) is 11.5 Å². The number of para-hydroxylation sites is 2. The van der Waals surface area contributed by atoms with Crippen molar-refractivity contribution in [2.24, 2.45) is 5.10 Å². The molecule has 30 heavy (non-hydrogen) atoms. The van der Waals surface area contributed by atoms with Crippen LogP contribution in [0.3, 0.4) is 0 Å². The maximum atomic E-state index is 12.2. The number of carbonyl (C=O) groups excluding carboxylic acids is 1. The topological polar surface area (TPSA) is 116 Å². The largest absolute Gasteiger partial charge is 0.485 e. The van der Waals surface area contributed by atoms with Gasteiger partial charge in [0.15, 0.2) is 11.5 Å². The van der Waals surface area contributed by atoms with Gasteiger partial charge in [0.25, 0.3) is 11.6 Å². The summed E-state index contributed by atoms with van der Waals surface area (Å²) in [6.45, 7) is 0.0640. The number of hydrogen-bond acceptors (Lipinski definition) is 7. The van der Waals surface area contributed by atoms with Crippen molar-refractivity contribution in [1.29, 1.82) is 0 Å². The van der Waals surface area contributed by atoms with Gasteiger partial charge in [-0.3, -0.25) is 14.9 Å². The average Bonchev–Trinajstić information content (AvgIpc) is 3.22. The molecule has 1 aliphatic rings. The Bertz CT molecular complexity index is 1140. The van der Waals surface area contributed by atoms with Gasteiger partial charge in [0.2, 0.25) is 6.10 Å². The molecule has 10 heteroatoms. The monoisotopic (exact) mass is 427 g/mol. The normalized spacial score (nSPS) is 15.2. The summed E-state index contributed by atoms with van der Waals surface area (Å²) in [5.74, 6) is 1.23. The van der Waals surface area contributed by atoms with Crippen LogP contribution in [0.25, 0.3) is 11.3 Å². The van der Waals surface area contributed by atoms with Crippen LogP contribution in [0, 0.1) is 10.1 Å². The molecule has 3 aromatic rings. The minimum Gasteiger partial charge on any atom is -0.485 e. The number of hydrazone groups is 1. The number of furan rings is 1. The van der Waals surface area contributed by atoms with Crippen molar-refractivity contribution in [2.75, 3.05) is 6.61 Å². The number of rotatable bonds is 5. The zero-order chi connectivity index (χ0) is 21.1. The molecule has 1 aliphatic heterocycles. The lowest BCUT2D eigenvalue weighted by Gasteiger charge is -2.24. The van der Waals surface area contributed by atoms with E-state index >= 15 is 0 Å². The Hall–Kier alpha value is -3.85. The number of nitro groups is 1. The van der Waals surface area contributed by atoms with Gasteiger partial charge in [0.05, 0.1) is 16.2 Å². The van der Waals surface area contributed by atoms with Crippen molar-refractivity contribution >= 4 is 29.4 Å². The van der Waals surface area contributed by atoms with Gasteiger partial charge in [-0.05, 0) is 30.3 Å². The number of nitrogens with zero attached hydrogens (tertiary/aromatic N) is 2. The summed E-state index contributed by atoms with van der Waals surface area (Å²) in [4.78, 5) is 22.7. The zero-order valence-corrected chi connectivity index (χ0v) is 16.0.